The molecule has 0 atom stereocenters. The molecule has 6 N–H and O–H groups in total. The lowest BCUT2D eigenvalue weighted by Gasteiger charge is -2.09. The number of nitrogen functional groups attached to an aromatic ring is 1. The molecule has 0 radical (unpaired) electrons. The van der Waals surface area contributed by atoms with Crippen molar-refractivity contribution in [2.75, 3.05) is 23.0 Å². The Morgan fingerprint density at radius 2 is 1.59 bits per heavy atom. The van der Waals surface area contributed by atoms with Gasteiger partial charge in [-0.25, -0.2) is 14.8 Å². The zero-order chi connectivity index (χ0) is 20.8. The smallest absolute Gasteiger partial charge is 0.323 e. The van der Waals surface area contributed by atoms with Gasteiger partial charge in [0, 0.05) is 22.5 Å². The number of ether oxygens (including phenoxy) is 1. The number of anilines is 3. The third-order valence-corrected chi connectivity index (χ3v) is 3.91. The number of aromatic nitrogens is 2. The minimum atomic E-state index is -0.528. The molecule has 0 aliphatic heterocycles. The number of rotatable bonds is 6. The van der Waals surface area contributed by atoms with Gasteiger partial charge in [0.2, 0.25) is 5.91 Å². The number of urea groups is 1. The first kappa shape index (κ1) is 19.6. The monoisotopic (exact) mass is 392 g/mol. The SMILES string of the molecule is CCOc1cnc(-c2ccc(NC(=O)Nc3ccc(C(N)=O)cc3)cc2)nc1N. The van der Waals surface area contributed by atoms with Gasteiger partial charge in [0.05, 0.1) is 12.8 Å². The Kier molecular flexibility index (Phi) is 5.88. The van der Waals surface area contributed by atoms with Crippen molar-refractivity contribution >= 4 is 29.1 Å². The molecule has 29 heavy (non-hydrogen) atoms. The molecule has 0 unspecified atom stereocenters. The van der Waals surface area contributed by atoms with Gasteiger partial charge < -0.3 is 26.8 Å². The minimum absolute atomic E-state index is 0.265. The molecule has 9 nitrogen and oxygen atoms in total. The van der Waals surface area contributed by atoms with Crippen molar-refractivity contribution in [3.8, 4) is 17.1 Å². The molecular formula is C20H20N6O3. The number of carbonyl (C=O) groups is 2. The summed E-state index contributed by atoms with van der Waals surface area (Å²) < 4.78 is 5.33. The van der Waals surface area contributed by atoms with Gasteiger partial charge in [-0.3, -0.25) is 4.79 Å². The van der Waals surface area contributed by atoms with E-state index in [4.69, 9.17) is 16.2 Å². The number of nitrogens with two attached hydrogens (primary N) is 2. The van der Waals surface area contributed by atoms with Crippen LogP contribution in [0.3, 0.4) is 0 Å². The van der Waals surface area contributed by atoms with Crippen molar-refractivity contribution in [3.63, 3.8) is 0 Å². The van der Waals surface area contributed by atoms with Crippen LogP contribution in [0.1, 0.15) is 17.3 Å². The fraction of sp³-hybridized carbons (Fsp3) is 0.100. The highest BCUT2D eigenvalue weighted by Crippen LogP contribution is 2.23. The van der Waals surface area contributed by atoms with Crippen LogP contribution in [-0.2, 0) is 0 Å². The molecule has 0 spiro atoms. The third kappa shape index (κ3) is 4.98. The summed E-state index contributed by atoms with van der Waals surface area (Å²) in [6.45, 7) is 2.33. The van der Waals surface area contributed by atoms with Crippen LogP contribution in [0.4, 0.5) is 22.0 Å². The van der Waals surface area contributed by atoms with Crippen LogP contribution in [0.25, 0.3) is 11.4 Å². The van der Waals surface area contributed by atoms with Gasteiger partial charge >= 0.3 is 6.03 Å². The molecule has 148 valence electrons. The Morgan fingerprint density at radius 3 is 2.10 bits per heavy atom. The Labute approximate surface area is 167 Å². The molecule has 0 aliphatic carbocycles. The van der Waals surface area contributed by atoms with Gasteiger partial charge in [0.1, 0.15) is 0 Å². The van der Waals surface area contributed by atoms with Crippen LogP contribution in [-0.4, -0.2) is 28.5 Å². The van der Waals surface area contributed by atoms with E-state index in [1.54, 1.807) is 36.4 Å². The first-order valence-corrected chi connectivity index (χ1v) is 8.80. The average Bonchev–Trinajstić information content (AvgIpc) is 2.70. The molecular weight excluding hydrogens is 372 g/mol. The van der Waals surface area contributed by atoms with Crippen molar-refractivity contribution in [2.45, 2.75) is 6.92 Å². The lowest BCUT2D eigenvalue weighted by molar-refractivity contribution is 0.100. The third-order valence-electron chi connectivity index (χ3n) is 3.91. The minimum Gasteiger partial charge on any atom is -0.488 e. The predicted octanol–water partition coefficient (Wildman–Crippen LogP) is 2.87. The lowest BCUT2D eigenvalue weighted by Crippen LogP contribution is -2.19. The highest BCUT2D eigenvalue weighted by atomic mass is 16.5. The molecule has 3 amide bonds. The van der Waals surface area contributed by atoms with Crippen molar-refractivity contribution < 1.29 is 14.3 Å². The maximum atomic E-state index is 12.1. The van der Waals surface area contributed by atoms with E-state index < -0.39 is 11.9 Å². The summed E-state index contributed by atoms with van der Waals surface area (Å²) in [5.74, 6) is 0.631. The summed E-state index contributed by atoms with van der Waals surface area (Å²) in [5, 5.41) is 5.39. The maximum absolute atomic E-state index is 12.1. The summed E-state index contributed by atoms with van der Waals surface area (Å²) in [7, 11) is 0. The van der Waals surface area contributed by atoms with Crippen LogP contribution < -0.4 is 26.8 Å². The number of benzene rings is 2. The quantitative estimate of drug-likeness (QED) is 0.507. The number of carbonyl (C=O) groups excluding carboxylic acids is 2. The number of hydrogen-bond donors (Lipinski definition) is 4. The topological polar surface area (TPSA) is 145 Å². The zero-order valence-corrected chi connectivity index (χ0v) is 15.7. The van der Waals surface area contributed by atoms with E-state index in [1.807, 2.05) is 6.92 Å². The average molecular weight is 392 g/mol. The number of nitrogens with zero attached hydrogens (tertiary/aromatic N) is 2. The highest BCUT2D eigenvalue weighted by Gasteiger charge is 2.08. The summed E-state index contributed by atoms with van der Waals surface area (Å²) in [6, 6.07) is 12.8. The molecule has 9 heteroatoms. The normalized spacial score (nSPS) is 10.2. The van der Waals surface area contributed by atoms with Crippen LogP contribution >= 0.6 is 0 Å². The first-order valence-electron chi connectivity index (χ1n) is 8.80. The summed E-state index contributed by atoms with van der Waals surface area (Å²) >= 11 is 0. The standard InChI is InChI=1S/C20H20N6O3/c1-2-29-16-11-23-19(26-17(16)21)13-5-9-15(10-6-13)25-20(28)24-14-7-3-12(4-8-14)18(22)27/h3-11H,2H2,1H3,(H2,22,27)(H2,21,23,26)(H2,24,25,28). The molecule has 0 saturated heterocycles. The second kappa shape index (κ2) is 8.70. The molecule has 0 fully saturated rings. The fourth-order valence-corrected chi connectivity index (χ4v) is 2.50. The second-order valence-corrected chi connectivity index (χ2v) is 5.97. The van der Waals surface area contributed by atoms with Gasteiger partial charge in [-0.15, -0.1) is 0 Å². The highest BCUT2D eigenvalue weighted by molar-refractivity contribution is 6.00. The van der Waals surface area contributed by atoms with E-state index in [0.717, 1.165) is 5.56 Å². The van der Waals surface area contributed by atoms with Gasteiger partial charge in [-0.05, 0) is 55.5 Å². The van der Waals surface area contributed by atoms with Crippen LogP contribution in [0, 0.1) is 0 Å². The van der Waals surface area contributed by atoms with Crippen LogP contribution in [0.2, 0.25) is 0 Å². The number of amides is 3. The summed E-state index contributed by atoms with van der Waals surface area (Å²) in [6.07, 6.45) is 1.53. The lowest BCUT2D eigenvalue weighted by atomic mass is 10.2. The predicted molar refractivity (Wildman–Crippen MR) is 111 cm³/mol. The van der Waals surface area contributed by atoms with E-state index in [1.165, 1.54) is 18.3 Å². The Bertz CT molecular complexity index is 1020. The Balaban J connectivity index is 1.63. The molecule has 3 aromatic rings. The van der Waals surface area contributed by atoms with E-state index in [2.05, 4.69) is 20.6 Å². The fourth-order valence-electron chi connectivity index (χ4n) is 2.50. The van der Waals surface area contributed by atoms with Gasteiger partial charge in [0.25, 0.3) is 0 Å². The summed E-state index contributed by atoms with van der Waals surface area (Å²) in [5.41, 5.74) is 13.3. The molecule has 0 saturated carbocycles. The van der Waals surface area contributed by atoms with E-state index in [9.17, 15) is 9.59 Å². The Morgan fingerprint density at radius 1 is 1.00 bits per heavy atom. The van der Waals surface area contributed by atoms with E-state index in [0.29, 0.717) is 35.1 Å². The number of hydrogen-bond acceptors (Lipinski definition) is 6. The van der Waals surface area contributed by atoms with Crippen molar-refractivity contribution in [2.24, 2.45) is 5.73 Å². The molecule has 1 aromatic heterocycles. The maximum Gasteiger partial charge on any atom is 0.323 e. The van der Waals surface area contributed by atoms with Gasteiger partial charge in [-0.2, -0.15) is 0 Å². The Hall–Kier alpha value is -4.14. The van der Waals surface area contributed by atoms with Gasteiger partial charge in [-0.1, -0.05) is 0 Å². The molecule has 3 rings (SSSR count). The zero-order valence-electron chi connectivity index (χ0n) is 15.7. The van der Waals surface area contributed by atoms with E-state index in [-0.39, 0.29) is 5.82 Å². The van der Waals surface area contributed by atoms with Crippen LogP contribution in [0.15, 0.2) is 54.7 Å². The number of nitrogens with one attached hydrogen (secondary N) is 2. The van der Waals surface area contributed by atoms with Gasteiger partial charge in [0.15, 0.2) is 17.4 Å². The number of primary amides is 1. The van der Waals surface area contributed by atoms with Crippen LogP contribution in [0.5, 0.6) is 5.75 Å². The molecule has 0 bridgehead atoms. The van der Waals surface area contributed by atoms with Crippen molar-refractivity contribution in [3.05, 3.63) is 60.3 Å². The largest absolute Gasteiger partial charge is 0.488 e. The van der Waals surface area contributed by atoms with Crippen molar-refractivity contribution in [1.29, 1.82) is 0 Å². The van der Waals surface area contributed by atoms with E-state index >= 15 is 0 Å². The molecule has 2 aromatic carbocycles. The molecule has 0 aliphatic rings. The first-order chi connectivity index (χ1) is 14.0. The molecule has 1 heterocycles. The second-order valence-electron chi connectivity index (χ2n) is 5.97. The summed E-state index contributed by atoms with van der Waals surface area (Å²) in [4.78, 5) is 31.7. The van der Waals surface area contributed by atoms with Crippen molar-refractivity contribution in [1.82, 2.24) is 9.97 Å².